The van der Waals surface area contributed by atoms with Crippen LogP contribution in [0.5, 0.6) is 0 Å². The molecule has 1 N–H and O–H groups in total. The number of carbonyl (C=O) groups is 1. The van der Waals surface area contributed by atoms with E-state index in [1.165, 1.54) is 12.8 Å². The van der Waals surface area contributed by atoms with E-state index in [-0.39, 0.29) is 5.91 Å². The predicted molar refractivity (Wildman–Crippen MR) is 81.3 cm³/mol. The van der Waals surface area contributed by atoms with Crippen LogP contribution in [0.15, 0.2) is 22.7 Å². The van der Waals surface area contributed by atoms with E-state index in [0.717, 1.165) is 23.0 Å². The average Bonchev–Trinajstić information content (AvgIpc) is 2.72. The Morgan fingerprint density at radius 3 is 2.83 bits per heavy atom. The van der Waals surface area contributed by atoms with Gasteiger partial charge >= 0.3 is 0 Å². The summed E-state index contributed by atoms with van der Waals surface area (Å²) in [5, 5.41) is 3.03. The number of benzene rings is 1. The molecule has 0 aromatic heterocycles. The monoisotopic (exact) mass is 373 g/mol. The molecule has 1 aliphatic carbocycles. The Bertz CT molecular complexity index is 447. The van der Waals surface area contributed by atoms with Crippen molar-refractivity contribution < 1.29 is 4.79 Å². The Morgan fingerprint density at radius 2 is 2.22 bits per heavy atom. The third kappa shape index (κ3) is 3.58. The van der Waals surface area contributed by atoms with Crippen LogP contribution in [0.1, 0.15) is 35.2 Å². The number of halogens is 2. The quantitative estimate of drug-likeness (QED) is 0.794. The van der Waals surface area contributed by atoms with Gasteiger partial charge in [-0.2, -0.15) is 0 Å². The first-order chi connectivity index (χ1) is 8.56. The lowest BCUT2D eigenvalue weighted by molar-refractivity contribution is 0.0946. The van der Waals surface area contributed by atoms with Gasteiger partial charge in [-0.3, -0.25) is 4.79 Å². The van der Waals surface area contributed by atoms with E-state index in [0.29, 0.717) is 16.3 Å². The van der Waals surface area contributed by atoms with E-state index in [4.69, 9.17) is 0 Å². The van der Waals surface area contributed by atoms with E-state index in [9.17, 15) is 4.79 Å². The maximum atomic E-state index is 12.1. The zero-order valence-corrected chi connectivity index (χ0v) is 13.6. The van der Waals surface area contributed by atoms with Gasteiger partial charge in [0.2, 0.25) is 0 Å². The molecular formula is C14H17Br2NO. The molecule has 18 heavy (non-hydrogen) atoms. The second-order valence-corrected chi connectivity index (χ2v) is 7.12. The van der Waals surface area contributed by atoms with Crippen LogP contribution in [-0.2, 0) is 0 Å². The highest BCUT2D eigenvalue weighted by molar-refractivity contribution is 9.10. The van der Waals surface area contributed by atoms with Gasteiger partial charge in [0.15, 0.2) is 0 Å². The molecule has 2 unspecified atom stereocenters. The summed E-state index contributed by atoms with van der Waals surface area (Å²) in [4.78, 5) is 12.7. The topological polar surface area (TPSA) is 29.1 Å². The molecule has 1 aromatic carbocycles. The second kappa shape index (κ2) is 6.20. The van der Waals surface area contributed by atoms with Gasteiger partial charge in [-0.1, -0.05) is 22.0 Å². The Hall–Kier alpha value is -0.350. The standard InChI is InChI=1S/C14H17Br2NO/c1-9-2-5-12(13(16)6-9)14(18)17-8-10-3-4-11(15)7-10/h2,5-6,10-11H,3-4,7-8H2,1H3,(H,17,18). The van der Waals surface area contributed by atoms with Crippen molar-refractivity contribution in [3.8, 4) is 0 Å². The van der Waals surface area contributed by atoms with E-state index in [1.54, 1.807) is 0 Å². The molecule has 2 nitrogen and oxygen atoms in total. The molecule has 1 saturated carbocycles. The summed E-state index contributed by atoms with van der Waals surface area (Å²) in [5.74, 6) is 0.627. The van der Waals surface area contributed by atoms with Gasteiger partial charge in [-0.05, 0) is 65.7 Å². The van der Waals surface area contributed by atoms with Crippen molar-refractivity contribution in [2.45, 2.75) is 31.0 Å². The van der Waals surface area contributed by atoms with Crippen LogP contribution in [0.2, 0.25) is 0 Å². The molecule has 1 amide bonds. The normalized spacial score (nSPS) is 23.1. The van der Waals surface area contributed by atoms with Crippen molar-refractivity contribution >= 4 is 37.8 Å². The Balaban J connectivity index is 1.91. The Morgan fingerprint density at radius 1 is 1.44 bits per heavy atom. The van der Waals surface area contributed by atoms with Gasteiger partial charge < -0.3 is 5.32 Å². The predicted octanol–water partition coefficient (Wildman–Crippen LogP) is 4.05. The molecule has 1 aromatic rings. The number of hydrogen-bond donors (Lipinski definition) is 1. The molecule has 1 fully saturated rings. The number of carbonyl (C=O) groups excluding carboxylic acids is 1. The van der Waals surface area contributed by atoms with Gasteiger partial charge in [0, 0.05) is 15.8 Å². The highest BCUT2D eigenvalue weighted by Crippen LogP contribution is 2.30. The van der Waals surface area contributed by atoms with Crippen molar-refractivity contribution in [1.82, 2.24) is 5.32 Å². The fourth-order valence-corrected chi connectivity index (χ4v) is 3.80. The van der Waals surface area contributed by atoms with Crippen LogP contribution in [0, 0.1) is 12.8 Å². The maximum Gasteiger partial charge on any atom is 0.252 e. The van der Waals surface area contributed by atoms with Crippen LogP contribution in [0.3, 0.4) is 0 Å². The minimum absolute atomic E-state index is 0.0138. The lowest BCUT2D eigenvalue weighted by Crippen LogP contribution is -2.28. The van der Waals surface area contributed by atoms with Gasteiger partial charge in [-0.15, -0.1) is 0 Å². The molecule has 0 bridgehead atoms. The Labute approximate surface area is 125 Å². The van der Waals surface area contributed by atoms with Crippen molar-refractivity contribution in [2.75, 3.05) is 6.54 Å². The van der Waals surface area contributed by atoms with Crippen LogP contribution in [0.25, 0.3) is 0 Å². The van der Waals surface area contributed by atoms with Crippen molar-refractivity contribution in [3.05, 3.63) is 33.8 Å². The lowest BCUT2D eigenvalue weighted by atomic mass is 10.1. The van der Waals surface area contributed by atoms with E-state index >= 15 is 0 Å². The zero-order valence-electron chi connectivity index (χ0n) is 10.4. The molecule has 2 rings (SSSR count). The van der Waals surface area contributed by atoms with Crippen molar-refractivity contribution in [2.24, 2.45) is 5.92 Å². The highest BCUT2D eigenvalue weighted by Gasteiger charge is 2.23. The lowest BCUT2D eigenvalue weighted by Gasteiger charge is -2.12. The smallest absolute Gasteiger partial charge is 0.252 e. The molecule has 98 valence electrons. The molecule has 0 spiro atoms. The highest BCUT2D eigenvalue weighted by atomic mass is 79.9. The third-order valence-corrected chi connectivity index (χ3v) is 4.89. The summed E-state index contributed by atoms with van der Waals surface area (Å²) in [6, 6.07) is 5.81. The molecular weight excluding hydrogens is 358 g/mol. The summed E-state index contributed by atoms with van der Waals surface area (Å²) in [6.45, 7) is 2.79. The summed E-state index contributed by atoms with van der Waals surface area (Å²) in [6.07, 6.45) is 3.58. The SMILES string of the molecule is Cc1ccc(C(=O)NCC2CCC(Br)C2)c(Br)c1. The first-order valence-electron chi connectivity index (χ1n) is 6.24. The summed E-state index contributed by atoms with van der Waals surface area (Å²) >= 11 is 7.07. The molecule has 1 aliphatic rings. The minimum atomic E-state index is 0.0138. The van der Waals surface area contributed by atoms with Crippen LogP contribution < -0.4 is 5.32 Å². The molecule has 0 saturated heterocycles. The number of nitrogens with one attached hydrogen (secondary N) is 1. The molecule has 0 aliphatic heterocycles. The fraction of sp³-hybridized carbons (Fsp3) is 0.500. The Kier molecular flexibility index (Phi) is 4.84. The van der Waals surface area contributed by atoms with E-state index < -0.39 is 0 Å². The summed E-state index contributed by atoms with van der Waals surface area (Å²) < 4.78 is 0.866. The number of alkyl halides is 1. The van der Waals surface area contributed by atoms with Crippen molar-refractivity contribution in [3.63, 3.8) is 0 Å². The van der Waals surface area contributed by atoms with E-state index in [2.05, 4.69) is 37.2 Å². The number of aryl methyl sites for hydroxylation is 1. The molecule has 0 radical (unpaired) electrons. The summed E-state index contributed by atoms with van der Waals surface area (Å²) in [7, 11) is 0. The fourth-order valence-electron chi connectivity index (χ4n) is 2.34. The van der Waals surface area contributed by atoms with Gasteiger partial charge in [0.25, 0.3) is 5.91 Å². The average molecular weight is 375 g/mol. The van der Waals surface area contributed by atoms with Crippen LogP contribution >= 0.6 is 31.9 Å². The third-order valence-electron chi connectivity index (χ3n) is 3.40. The first-order valence-corrected chi connectivity index (χ1v) is 7.95. The number of hydrogen-bond acceptors (Lipinski definition) is 1. The zero-order chi connectivity index (χ0) is 13.1. The second-order valence-electron chi connectivity index (χ2n) is 4.97. The largest absolute Gasteiger partial charge is 0.352 e. The van der Waals surface area contributed by atoms with Gasteiger partial charge in [0.1, 0.15) is 0 Å². The van der Waals surface area contributed by atoms with Gasteiger partial charge in [0.05, 0.1) is 5.56 Å². The number of amides is 1. The van der Waals surface area contributed by atoms with Crippen molar-refractivity contribution in [1.29, 1.82) is 0 Å². The van der Waals surface area contributed by atoms with E-state index in [1.807, 2.05) is 25.1 Å². The minimum Gasteiger partial charge on any atom is -0.352 e. The number of rotatable bonds is 3. The molecule has 0 heterocycles. The first kappa shape index (κ1) is 14.1. The maximum absolute atomic E-state index is 12.1. The molecule has 2 atom stereocenters. The van der Waals surface area contributed by atoms with Crippen LogP contribution in [-0.4, -0.2) is 17.3 Å². The summed E-state index contributed by atoms with van der Waals surface area (Å²) in [5.41, 5.74) is 1.87. The van der Waals surface area contributed by atoms with Crippen LogP contribution in [0.4, 0.5) is 0 Å². The van der Waals surface area contributed by atoms with Gasteiger partial charge in [-0.25, -0.2) is 0 Å². The molecule has 4 heteroatoms.